The van der Waals surface area contributed by atoms with Crippen LogP contribution in [-0.4, -0.2) is 36.9 Å². The molecule has 0 amide bonds. The third kappa shape index (κ3) is 3.32. The van der Waals surface area contributed by atoms with Crippen LogP contribution in [0.4, 0.5) is 0 Å². The Bertz CT molecular complexity index is 584. The molecule has 7 atom stereocenters. The minimum absolute atomic E-state index is 0.346. The summed E-state index contributed by atoms with van der Waals surface area (Å²) in [6.07, 6.45) is 11.0. The summed E-state index contributed by atoms with van der Waals surface area (Å²) in [6.45, 7) is 3.04. The molecule has 4 aliphatic rings. The molecule has 4 saturated carbocycles. The first-order valence-corrected chi connectivity index (χ1v) is 12.1. The summed E-state index contributed by atoms with van der Waals surface area (Å²) >= 11 is 3.65. The molecule has 27 heavy (non-hydrogen) atoms. The van der Waals surface area contributed by atoms with Crippen LogP contribution >= 0.6 is 15.9 Å². The normalized spacial score (nSPS) is 48.4. The van der Waals surface area contributed by atoms with E-state index in [0.717, 1.165) is 41.8 Å². The quantitative estimate of drug-likeness (QED) is 0.475. The third-order valence-electron chi connectivity index (χ3n) is 9.01. The average Bonchev–Trinajstić information content (AvgIpc) is 3.00. The van der Waals surface area contributed by atoms with Crippen molar-refractivity contribution in [2.45, 2.75) is 70.3 Å². The van der Waals surface area contributed by atoms with Gasteiger partial charge < -0.3 is 14.6 Å². The number of fused-ring (bicyclic) bond motifs is 5. The second-order valence-electron chi connectivity index (χ2n) is 10.1. The SMILES string of the molecule is COC[C@@]1(O)CC[C@H]2[C@H](CC[C@@H]3[C@@H]2CC[C@]2(C)/C(=C(\CBr)OC)CC[C@@H]32)C1. The minimum Gasteiger partial charge on any atom is -0.500 e. The first-order valence-electron chi connectivity index (χ1n) is 11.0. The zero-order chi connectivity index (χ0) is 19.2. The molecule has 0 aromatic rings. The summed E-state index contributed by atoms with van der Waals surface area (Å²) in [5.74, 6) is 5.31. The van der Waals surface area contributed by atoms with Gasteiger partial charge in [-0.1, -0.05) is 22.9 Å². The number of aliphatic hydroxyl groups is 1. The summed E-state index contributed by atoms with van der Waals surface area (Å²) in [4.78, 5) is 0. The molecular formula is C23H37BrO3. The van der Waals surface area contributed by atoms with Gasteiger partial charge in [0.15, 0.2) is 0 Å². The van der Waals surface area contributed by atoms with E-state index in [1.165, 1.54) is 50.7 Å². The van der Waals surface area contributed by atoms with Gasteiger partial charge in [-0.3, -0.25) is 0 Å². The molecule has 0 saturated heterocycles. The summed E-state index contributed by atoms with van der Waals surface area (Å²) in [7, 11) is 3.55. The minimum atomic E-state index is -0.571. The highest BCUT2D eigenvalue weighted by atomic mass is 79.9. The van der Waals surface area contributed by atoms with E-state index in [9.17, 15) is 5.11 Å². The van der Waals surface area contributed by atoms with E-state index in [1.54, 1.807) is 12.7 Å². The maximum Gasteiger partial charge on any atom is 0.106 e. The zero-order valence-electron chi connectivity index (χ0n) is 17.3. The van der Waals surface area contributed by atoms with Gasteiger partial charge in [0.25, 0.3) is 0 Å². The lowest BCUT2D eigenvalue weighted by molar-refractivity contribution is -0.119. The van der Waals surface area contributed by atoms with Crippen LogP contribution in [0, 0.1) is 35.0 Å². The molecule has 154 valence electrons. The Hall–Kier alpha value is -0.0600. The molecule has 0 aromatic heterocycles. The highest BCUT2D eigenvalue weighted by molar-refractivity contribution is 9.09. The monoisotopic (exact) mass is 440 g/mol. The standard InChI is InChI=1S/C23H37BrO3/c1-22-10-8-17-16-9-11-23(25,14-26-2)12-15(16)4-5-18(17)19(22)6-7-20(22)21(13-24)27-3/h15-19,25H,4-14H2,1-3H3/b21-20+/t15-,16+,17-,18-,19+,22+,23-/m1/s1. The number of methoxy groups -OCH3 is 2. The summed E-state index contributed by atoms with van der Waals surface area (Å²) in [5, 5.41) is 11.7. The number of hydrogen-bond acceptors (Lipinski definition) is 3. The lowest BCUT2D eigenvalue weighted by Gasteiger charge is -2.56. The predicted molar refractivity (Wildman–Crippen MR) is 112 cm³/mol. The van der Waals surface area contributed by atoms with Gasteiger partial charge in [0.1, 0.15) is 5.76 Å². The average molecular weight is 441 g/mol. The first kappa shape index (κ1) is 20.2. The molecule has 0 spiro atoms. The number of alkyl halides is 1. The van der Waals surface area contributed by atoms with Gasteiger partial charge in [0, 0.05) is 7.11 Å². The van der Waals surface area contributed by atoms with Gasteiger partial charge >= 0.3 is 0 Å². The van der Waals surface area contributed by atoms with Gasteiger partial charge in [-0.25, -0.2) is 0 Å². The highest BCUT2D eigenvalue weighted by Gasteiger charge is 2.56. The van der Waals surface area contributed by atoms with E-state index in [4.69, 9.17) is 9.47 Å². The van der Waals surface area contributed by atoms with Gasteiger partial charge in [0.05, 0.1) is 24.6 Å². The Morgan fingerprint density at radius 1 is 1.07 bits per heavy atom. The smallest absolute Gasteiger partial charge is 0.106 e. The van der Waals surface area contributed by atoms with E-state index in [1.807, 2.05) is 7.11 Å². The lowest BCUT2D eigenvalue weighted by Crippen LogP contribution is -2.51. The van der Waals surface area contributed by atoms with E-state index in [2.05, 4.69) is 22.9 Å². The molecule has 0 heterocycles. The second-order valence-corrected chi connectivity index (χ2v) is 10.6. The van der Waals surface area contributed by atoms with E-state index < -0.39 is 5.60 Å². The highest BCUT2D eigenvalue weighted by Crippen LogP contribution is 2.65. The Morgan fingerprint density at radius 2 is 1.85 bits per heavy atom. The van der Waals surface area contributed by atoms with E-state index in [-0.39, 0.29) is 0 Å². The number of rotatable bonds is 4. The van der Waals surface area contributed by atoms with E-state index in [0.29, 0.717) is 17.9 Å². The van der Waals surface area contributed by atoms with Gasteiger partial charge in [-0.05, 0) is 98.4 Å². The maximum atomic E-state index is 10.9. The molecule has 4 heteroatoms. The lowest BCUT2D eigenvalue weighted by atomic mass is 9.49. The summed E-state index contributed by atoms with van der Waals surface area (Å²) in [6, 6.07) is 0. The fourth-order valence-corrected chi connectivity index (χ4v) is 8.46. The van der Waals surface area contributed by atoms with Crippen molar-refractivity contribution in [1.82, 2.24) is 0 Å². The van der Waals surface area contributed by atoms with Crippen LogP contribution in [0.1, 0.15) is 64.7 Å². The maximum absolute atomic E-state index is 10.9. The third-order valence-corrected chi connectivity index (χ3v) is 9.51. The van der Waals surface area contributed by atoms with Crippen molar-refractivity contribution >= 4 is 15.9 Å². The van der Waals surface area contributed by atoms with Gasteiger partial charge in [-0.2, -0.15) is 0 Å². The fourth-order valence-electron chi connectivity index (χ4n) is 7.89. The van der Waals surface area contributed by atoms with E-state index >= 15 is 0 Å². The van der Waals surface area contributed by atoms with Crippen LogP contribution in [-0.2, 0) is 9.47 Å². The molecule has 3 nitrogen and oxygen atoms in total. The van der Waals surface area contributed by atoms with Crippen LogP contribution < -0.4 is 0 Å². The van der Waals surface area contributed by atoms with Crippen molar-refractivity contribution in [3.8, 4) is 0 Å². The van der Waals surface area contributed by atoms with Crippen LogP contribution in [0.15, 0.2) is 11.3 Å². The molecule has 4 rings (SSSR count). The Morgan fingerprint density at radius 3 is 2.56 bits per heavy atom. The van der Waals surface area contributed by atoms with Crippen molar-refractivity contribution in [2.75, 3.05) is 26.2 Å². The molecule has 4 aliphatic carbocycles. The van der Waals surface area contributed by atoms with Gasteiger partial charge in [-0.15, -0.1) is 0 Å². The molecule has 0 bridgehead atoms. The topological polar surface area (TPSA) is 38.7 Å². The molecule has 0 unspecified atom stereocenters. The van der Waals surface area contributed by atoms with Crippen LogP contribution in [0.5, 0.6) is 0 Å². The Labute approximate surface area is 173 Å². The first-order chi connectivity index (χ1) is 13.0. The largest absolute Gasteiger partial charge is 0.500 e. The number of allylic oxidation sites excluding steroid dienone is 2. The number of ether oxygens (including phenoxy) is 2. The predicted octanol–water partition coefficient (Wildman–Crippen LogP) is 5.31. The molecule has 0 aromatic carbocycles. The zero-order valence-corrected chi connectivity index (χ0v) is 18.9. The van der Waals surface area contributed by atoms with Crippen LogP contribution in [0.25, 0.3) is 0 Å². The second kappa shape index (κ2) is 7.65. The van der Waals surface area contributed by atoms with Crippen molar-refractivity contribution in [1.29, 1.82) is 0 Å². The van der Waals surface area contributed by atoms with Crippen LogP contribution in [0.2, 0.25) is 0 Å². The molecule has 4 fully saturated rings. The Kier molecular flexibility index (Phi) is 5.73. The summed E-state index contributed by atoms with van der Waals surface area (Å²) in [5.41, 5.74) is 1.38. The number of hydrogen-bond donors (Lipinski definition) is 1. The van der Waals surface area contributed by atoms with Gasteiger partial charge in [0.2, 0.25) is 0 Å². The molecule has 0 aliphatic heterocycles. The molecular weight excluding hydrogens is 404 g/mol. The summed E-state index contributed by atoms with van der Waals surface area (Å²) < 4.78 is 11.1. The number of halogens is 1. The van der Waals surface area contributed by atoms with Crippen molar-refractivity contribution in [3.63, 3.8) is 0 Å². The Balaban J connectivity index is 1.53. The van der Waals surface area contributed by atoms with Crippen LogP contribution in [0.3, 0.4) is 0 Å². The fraction of sp³-hybridized carbons (Fsp3) is 0.913. The van der Waals surface area contributed by atoms with Crippen molar-refractivity contribution in [2.24, 2.45) is 35.0 Å². The molecule has 0 radical (unpaired) electrons. The van der Waals surface area contributed by atoms with Crippen molar-refractivity contribution < 1.29 is 14.6 Å². The van der Waals surface area contributed by atoms with Crippen molar-refractivity contribution in [3.05, 3.63) is 11.3 Å². The molecule has 1 N–H and O–H groups in total.